The number of benzene rings is 1. The first kappa shape index (κ1) is 15.3. The molecule has 1 aliphatic carbocycles. The van der Waals surface area contributed by atoms with Crippen LogP contribution in [0.4, 0.5) is 5.82 Å². The number of pyridine rings is 1. The van der Waals surface area contributed by atoms with Crippen molar-refractivity contribution in [3.05, 3.63) is 54.9 Å². The van der Waals surface area contributed by atoms with E-state index >= 15 is 0 Å². The summed E-state index contributed by atoms with van der Waals surface area (Å²) in [5.74, 6) is 0.856. The second kappa shape index (κ2) is 6.07. The van der Waals surface area contributed by atoms with Gasteiger partial charge in [-0.1, -0.05) is 30.3 Å². The van der Waals surface area contributed by atoms with Gasteiger partial charge in [0.2, 0.25) is 5.91 Å². The van der Waals surface area contributed by atoms with Crippen molar-refractivity contribution in [2.45, 2.75) is 12.8 Å². The number of nitrogens with zero attached hydrogens (tertiary/aromatic N) is 2. The number of anilines is 1. The second-order valence-electron chi connectivity index (χ2n) is 6.52. The molecule has 1 saturated carbocycles. The number of aromatic amines is 1. The molecule has 0 radical (unpaired) electrons. The van der Waals surface area contributed by atoms with Crippen LogP contribution in [-0.2, 0) is 4.79 Å². The van der Waals surface area contributed by atoms with Gasteiger partial charge in [0, 0.05) is 34.3 Å². The summed E-state index contributed by atoms with van der Waals surface area (Å²) in [7, 11) is 0. The van der Waals surface area contributed by atoms with Gasteiger partial charge in [-0.25, -0.2) is 0 Å². The summed E-state index contributed by atoms with van der Waals surface area (Å²) in [6, 6.07) is 14.4. The molecule has 0 spiro atoms. The average molecular weight is 360 g/mol. The van der Waals surface area contributed by atoms with E-state index in [-0.39, 0.29) is 11.8 Å². The molecule has 128 valence electrons. The minimum Gasteiger partial charge on any atom is -0.308 e. The van der Waals surface area contributed by atoms with Crippen molar-refractivity contribution in [3.8, 4) is 21.6 Å². The third-order valence-corrected chi connectivity index (χ3v) is 5.75. The molecule has 26 heavy (non-hydrogen) atoms. The fraction of sp³-hybridized carbons (Fsp3) is 0.150. The Hall–Kier alpha value is -2.99. The lowest BCUT2D eigenvalue weighted by atomic mass is 10.1. The normalized spacial score (nSPS) is 13.8. The van der Waals surface area contributed by atoms with Crippen molar-refractivity contribution in [2.24, 2.45) is 5.92 Å². The lowest BCUT2D eigenvalue weighted by molar-refractivity contribution is -0.117. The molecular formula is C20H16N4OS. The van der Waals surface area contributed by atoms with E-state index in [1.807, 2.05) is 30.6 Å². The molecule has 1 aromatic carbocycles. The van der Waals surface area contributed by atoms with Crippen LogP contribution in [0.1, 0.15) is 12.8 Å². The van der Waals surface area contributed by atoms with E-state index in [0.29, 0.717) is 5.82 Å². The number of hydrogen-bond acceptors (Lipinski definition) is 4. The SMILES string of the molecule is O=C(Nc1n[nH]c2cc(-c3cncc(-c4ccccc4)c3)sc12)C1CC1. The summed E-state index contributed by atoms with van der Waals surface area (Å²) >= 11 is 1.61. The van der Waals surface area contributed by atoms with Crippen LogP contribution in [0, 0.1) is 5.92 Å². The first-order valence-electron chi connectivity index (χ1n) is 8.57. The van der Waals surface area contributed by atoms with Crippen LogP contribution >= 0.6 is 11.3 Å². The van der Waals surface area contributed by atoms with Crippen LogP contribution in [0.3, 0.4) is 0 Å². The van der Waals surface area contributed by atoms with Gasteiger partial charge in [0.05, 0.1) is 10.2 Å². The van der Waals surface area contributed by atoms with E-state index < -0.39 is 0 Å². The highest BCUT2D eigenvalue weighted by Gasteiger charge is 2.30. The molecular weight excluding hydrogens is 344 g/mol. The highest BCUT2D eigenvalue weighted by atomic mass is 32.1. The lowest BCUT2D eigenvalue weighted by Crippen LogP contribution is -2.13. The Morgan fingerprint density at radius 2 is 1.88 bits per heavy atom. The van der Waals surface area contributed by atoms with Crippen LogP contribution in [0.5, 0.6) is 0 Å². The quantitative estimate of drug-likeness (QED) is 0.554. The van der Waals surface area contributed by atoms with E-state index in [1.165, 1.54) is 0 Å². The summed E-state index contributed by atoms with van der Waals surface area (Å²) in [5.41, 5.74) is 4.21. The number of amides is 1. The number of thiophene rings is 1. The van der Waals surface area contributed by atoms with Crippen LogP contribution in [0.15, 0.2) is 54.9 Å². The number of rotatable bonds is 4. The Kier molecular flexibility index (Phi) is 3.57. The van der Waals surface area contributed by atoms with Crippen molar-refractivity contribution in [1.29, 1.82) is 0 Å². The zero-order valence-electron chi connectivity index (χ0n) is 13.9. The van der Waals surface area contributed by atoms with Gasteiger partial charge in [0.25, 0.3) is 0 Å². The van der Waals surface area contributed by atoms with Crippen LogP contribution < -0.4 is 5.32 Å². The van der Waals surface area contributed by atoms with Crippen molar-refractivity contribution in [2.75, 3.05) is 5.32 Å². The molecule has 3 aromatic heterocycles. The van der Waals surface area contributed by atoms with Gasteiger partial charge < -0.3 is 5.32 Å². The predicted molar refractivity (Wildman–Crippen MR) is 104 cm³/mol. The lowest BCUT2D eigenvalue weighted by Gasteiger charge is -2.03. The monoisotopic (exact) mass is 360 g/mol. The third kappa shape index (κ3) is 2.78. The number of nitrogens with one attached hydrogen (secondary N) is 2. The average Bonchev–Trinajstić information content (AvgIpc) is 3.35. The number of hydrogen-bond donors (Lipinski definition) is 2. The maximum absolute atomic E-state index is 12.0. The zero-order valence-corrected chi connectivity index (χ0v) is 14.7. The molecule has 0 saturated heterocycles. The van der Waals surface area contributed by atoms with Crippen molar-refractivity contribution in [3.63, 3.8) is 0 Å². The van der Waals surface area contributed by atoms with Gasteiger partial charge in [-0.3, -0.25) is 14.9 Å². The van der Waals surface area contributed by atoms with Gasteiger partial charge in [-0.2, -0.15) is 5.10 Å². The standard InChI is InChI=1S/C20H16N4OS/c25-20(13-6-7-13)22-19-18-16(23-24-19)9-17(26-18)15-8-14(10-21-11-15)12-4-2-1-3-5-12/h1-5,8-11,13H,6-7H2,(H2,22,23,24,25). The minimum atomic E-state index is 0.0705. The van der Waals surface area contributed by atoms with E-state index in [0.717, 1.165) is 44.6 Å². The Morgan fingerprint density at radius 3 is 2.69 bits per heavy atom. The number of fused-ring (bicyclic) bond motifs is 1. The first-order chi connectivity index (χ1) is 12.8. The van der Waals surface area contributed by atoms with Crippen LogP contribution in [-0.4, -0.2) is 21.1 Å². The van der Waals surface area contributed by atoms with E-state index in [4.69, 9.17) is 0 Å². The molecule has 0 bridgehead atoms. The third-order valence-electron chi connectivity index (χ3n) is 4.55. The minimum absolute atomic E-state index is 0.0705. The zero-order chi connectivity index (χ0) is 17.5. The molecule has 0 unspecified atom stereocenters. The van der Waals surface area contributed by atoms with Crippen molar-refractivity contribution in [1.82, 2.24) is 15.2 Å². The van der Waals surface area contributed by atoms with Crippen LogP contribution in [0.2, 0.25) is 0 Å². The Morgan fingerprint density at radius 1 is 1.08 bits per heavy atom. The number of aromatic nitrogens is 3. The molecule has 1 fully saturated rings. The van der Waals surface area contributed by atoms with Crippen molar-refractivity contribution >= 4 is 33.3 Å². The van der Waals surface area contributed by atoms with Crippen molar-refractivity contribution < 1.29 is 4.79 Å². The number of H-pyrrole nitrogens is 1. The summed E-state index contributed by atoms with van der Waals surface area (Å²) in [5, 5.41) is 10.2. The maximum atomic E-state index is 12.0. The molecule has 4 aromatic rings. The van der Waals surface area contributed by atoms with Gasteiger partial charge in [0.1, 0.15) is 0 Å². The fourth-order valence-corrected chi connectivity index (χ4v) is 4.01. The highest BCUT2D eigenvalue weighted by molar-refractivity contribution is 7.22. The van der Waals surface area contributed by atoms with Gasteiger partial charge in [0.15, 0.2) is 5.82 Å². The van der Waals surface area contributed by atoms with E-state index in [9.17, 15) is 4.79 Å². The van der Waals surface area contributed by atoms with E-state index in [1.54, 1.807) is 11.3 Å². The summed E-state index contributed by atoms with van der Waals surface area (Å²) in [6.07, 6.45) is 5.70. The smallest absolute Gasteiger partial charge is 0.228 e. The van der Waals surface area contributed by atoms with Gasteiger partial charge >= 0.3 is 0 Å². The molecule has 1 amide bonds. The maximum Gasteiger partial charge on any atom is 0.228 e. The molecule has 5 nitrogen and oxygen atoms in total. The van der Waals surface area contributed by atoms with Crippen LogP contribution in [0.25, 0.3) is 31.8 Å². The molecule has 5 rings (SSSR count). The second-order valence-corrected chi connectivity index (χ2v) is 7.57. The molecule has 2 N–H and O–H groups in total. The summed E-state index contributed by atoms with van der Waals surface area (Å²) in [4.78, 5) is 17.5. The number of carbonyl (C=O) groups excluding carboxylic acids is 1. The fourth-order valence-electron chi connectivity index (χ4n) is 2.97. The number of carbonyl (C=O) groups is 1. The first-order valence-corrected chi connectivity index (χ1v) is 9.39. The Balaban J connectivity index is 1.49. The van der Waals surface area contributed by atoms with Gasteiger partial charge in [-0.15, -0.1) is 11.3 Å². The topological polar surface area (TPSA) is 70.7 Å². The summed E-state index contributed by atoms with van der Waals surface area (Å²) < 4.78 is 0.971. The largest absolute Gasteiger partial charge is 0.308 e. The molecule has 0 aliphatic heterocycles. The summed E-state index contributed by atoms with van der Waals surface area (Å²) in [6.45, 7) is 0. The van der Waals surface area contributed by atoms with E-state index in [2.05, 4.69) is 44.8 Å². The highest BCUT2D eigenvalue weighted by Crippen LogP contribution is 2.38. The molecule has 3 heterocycles. The molecule has 0 atom stereocenters. The Labute approximate surface area is 154 Å². The predicted octanol–water partition coefficient (Wildman–Crippen LogP) is 4.70. The van der Waals surface area contributed by atoms with Gasteiger partial charge in [-0.05, 0) is 30.5 Å². The molecule has 1 aliphatic rings. The molecule has 6 heteroatoms. The Bertz CT molecular complexity index is 1100.